The minimum Gasteiger partial charge on any atom is -0.443 e. The molecular formula is C29H35N3O4. The van der Waals surface area contributed by atoms with Crippen LogP contribution in [0, 0.1) is 5.41 Å². The van der Waals surface area contributed by atoms with E-state index >= 15 is 0 Å². The van der Waals surface area contributed by atoms with E-state index in [1.165, 1.54) is 4.57 Å². The molecule has 190 valence electrons. The van der Waals surface area contributed by atoms with E-state index in [0.717, 1.165) is 10.9 Å². The fraction of sp³-hybridized carbons (Fsp3) is 0.414. The Labute approximate surface area is 212 Å². The summed E-state index contributed by atoms with van der Waals surface area (Å²) < 4.78 is 7.11. The van der Waals surface area contributed by atoms with Crippen LogP contribution in [-0.4, -0.2) is 57.1 Å². The summed E-state index contributed by atoms with van der Waals surface area (Å²) in [6, 6.07) is 15.9. The van der Waals surface area contributed by atoms with Gasteiger partial charge >= 0.3 is 6.09 Å². The fourth-order valence-corrected chi connectivity index (χ4v) is 5.08. The lowest BCUT2D eigenvalue weighted by Gasteiger charge is -2.39. The molecule has 1 aliphatic rings. The predicted octanol–water partition coefficient (Wildman–Crippen LogP) is 5.32. The summed E-state index contributed by atoms with van der Waals surface area (Å²) in [6.45, 7) is 11.6. The van der Waals surface area contributed by atoms with Crippen molar-refractivity contribution in [2.45, 2.75) is 65.8 Å². The van der Waals surface area contributed by atoms with Crippen LogP contribution in [0.15, 0.2) is 60.8 Å². The van der Waals surface area contributed by atoms with Crippen molar-refractivity contribution in [1.82, 2.24) is 14.4 Å². The lowest BCUT2D eigenvalue weighted by atomic mass is 9.90. The average molecular weight is 490 g/mol. The molecule has 3 aromatic rings. The number of carbonyl (C=O) groups is 3. The van der Waals surface area contributed by atoms with Crippen molar-refractivity contribution in [1.29, 1.82) is 0 Å². The molecule has 2 amide bonds. The van der Waals surface area contributed by atoms with E-state index in [2.05, 4.69) is 0 Å². The molecule has 36 heavy (non-hydrogen) atoms. The van der Waals surface area contributed by atoms with E-state index in [9.17, 15) is 14.4 Å². The van der Waals surface area contributed by atoms with Gasteiger partial charge in [-0.3, -0.25) is 14.2 Å². The van der Waals surface area contributed by atoms with Crippen LogP contribution in [0.25, 0.3) is 10.9 Å². The van der Waals surface area contributed by atoms with Gasteiger partial charge < -0.3 is 14.5 Å². The Morgan fingerprint density at radius 1 is 0.917 bits per heavy atom. The third-order valence-electron chi connectivity index (χ3n) is 6.43. The highest BCUT2D eigenvalue weighted by Gasteiger charge is 2.51. The van der Waals surface area contributed by atoms with Crippen molar-refractivity contribution >= 4 is 28.8 Å². The highest BCUT2D eigenvalue weighted by atomic mass is 16.6. The molecule has 2 aromatic carbocycles. The smallest absolute Gasteiger partial charge is 0.419 e. The topological polar surface area (TPSA) is 71.9 Å². The van der Waals surface area contributed by atoms with Crippen molar-refractivity contribution < 1.29 is 19.1 Å². The maximum Gasteiger partial charge on any atom is 0.419 e. The maximum absolute atomic E-state index is 13.8. The average Bonchev–Trinajstić information content (AvgIpc) is 3.29. The third-order valence-corrected chi connectivity index (χ3v) is 6.43. The Morgan fingerprint density at radius 2 is 1.53 bits per heavy atom. The number of rotatable bonds is 3. The number of fused-ring (bicyclic) bond motifs is 1. The Morgan fingerprint density at radius 3 is 2.14 bits per heavy atom. The fourth-order valence-electron chi connectivity index (χ4n) is 5.08. The summed E-state index contributed by atoms with van der Waals surface area (Å²) in [5.41, 5.74) is 1.04. The van der Waals surface area contributed by atoms with Crippen LogP contribution in [0.3, 0.4) is 0 Å². The molecule has 1 fully saturated rings. The van der Waals surface area contributed by atoms with Gasteiger partial charge in [-0.15, -0.1) is 0 Å². The van der Waals surface area contributed by atoms with Crippen LogP contribution in [0.5, 0.6) is 0 Å². The van der Waals surface area contributed by atoms with E-state index in [-0.39, 0.29) is 23.7 Å². The zero-order valence-electron chi connectivity index (χ0n) is 22.1. The number of carbonyl (C=O) groups excluding carboxylic acids is 3. The van der Waals surface area contributed by atoms with Crippen LogP contribution in [-0.2, 0) is 16.0 Å². The van der Waals surface area contributed by atoms with Gasteiger partial charge in [-0.2, -0.15) is 0 Å². The Bertz CT molecular complexity index is 1300. The molecule has 1 saturated heterocycles. The molecule has 0 spiro atoms. The van der Waals surface area contributed by atoms with Crippen molar-refractivity contribution in [2.24, 2.45) is 5.41 Å². The molecule has 0 saturated carbocycles. The number of nitrogens with zero attached hydrogens (tertiary/aromatic N) is 3. The Hall–Kier alpha value is -3.61. The molecule has 1 aliphatic heterocycles. The zero-order chi connectivity index (χ0) is 26.4. The molecule has 7 heteroatoms. The van der Waals surface area contributed by atoms with E-state index in [1.54, 1.807) is 35.2 Å². The first-order chi connectivity index (χ1) is 16.8. The number of aromatic nitrogens is 1. The summed E-state index contributed by atoms with van der Waals surface area (Å²) in [4.78, 5) is 43.8. The summed E-state index contributed by atoms with van der Waals surface area (Å²) in [6.07, 6.45) is 1.12. The molecule has 4 rings (SSSR count). The summed E-state index contributed by atoms with van der Waals surface area (Å²) in [5, 5.41) is 0.852. The monoisotopic (exact) mass is 489 g/mol. The molecule has 0 aliphatic carbocycles. The maximum atomic E-state index is 13.8. The van der Waals surface area contributed by atoms with Gasteiger partial charge in [-0.1, -0.05) is 57.2 Å². The van der Waals surface area contributed by atoms with Gasteiger partial charge in [0.2, 0.25) is 5.91 Å². The molecule has 7 nitrogen and oxygen atoms in total. The number of hydrogen-bond acceptors (Lipinski definition) is 4. The number of likely N-dealkylation sites (N-methyl/N-ethyl adjacent to an activating group) is 1. The molecule has 0 radical (unpaired) electrons. The van der Waals surface area contributed by atoms with Crippen LogP contribution >= 0.6 is 0 Å². The molecule has 0 bridgehead atoms. The highest BCUT2D eigenvalue weighted by molar-refractivity contribution is 6.00. The van der Waals surface area contributed by atoms with E-state index < -0.39 is 23.9 Å². The number of ether oxygens (including phenoxy) is 1. The molecule has 1 aromatic heterocycles. The van der Waals surface area contributed by atoms with Crippen molar-refractivity contribution in [2.75, 3.05) is 7.05 Å². The van der Waals surface area contributed by atoms with Gasteiger partial charge in [0, 0.05) is 36.0 Å². The number of hydrogen-bond donors (Lipinski definition) is 0. The van der Waals surface area contributed by atoms with Crippen molar-refractivity contribution in [3.05, 3.63) is 71.9 Å². The minimum atomic E-state index is -0.704. The van der Waals surface area contributed by atoms with Crippen LogP contribution in [0.4, 0.5) is 4.79 Å². The lowest BCUT2D eigenvalue weighted by Crippen LogP contribution is -2.51. The van der Waals surface area contributed by atoms with Gasteiger partial charge in [0.05, 0.1) is 5.52 Å². The molecule has 0 N–H and O–H groups in total. The van der Waals surface area contributed by atoms with Gasteiger partial charge in [0.1, 0.15) is 17.8 Å². The largest absolute Gasteiger partial charge is 0.443 e. The van der Waals surface area contributed by atoms with E-state index in [0.29, 0.717) is 11.1 Å². The van der Waals surface area contributed by atoms with Gasteiger partial charge in [-0.25, -0.2) is 4.79 Å². The molecule has 0 unspecified atom stereocenters. The normalized spacial score (nSPS) is 18.7. The second-order valence-electron chi connectivity index (χ2n) is 11.5. The first-order valence-corrected chi connectivity index (χ1v) is 12.3. The quantitative estimate of drug-likeness (QED) is 0.499. The third kappa shape index (κ3) is 4.74. The summed E-state index contributed by atoms with van der Waals surface area (Å²) >= 11 is 0. The standard InChI is InChI=1S/C29H35N3O4/c1-28(2,3)26-30(7)25(34)23(32(26)24(33)19-13-9-8-10-14-19)17-20-18-31(27(35)36-29(4,5)6)22-16-12-11-15-21(20)22/h8-16,18,23,26H,17H2,1-7H3/t23-,26-/m1/s1. The second kappa shape index (κ2) is 9.12. The van der Waals surface area contributed by atoms with Crippen LogP contribution in [0.2, 0.25) is 0 Å². The second-order valence-corrected chi connectivity index (χ2v) is 11.5. The zero-order valence-corrected chi connectivity index (χ0v) is 22.1. The summed E-state index contributed by atoms with van der Waals surface area (Å²) in [7, 11) is 1.76. The van der Waals surface area contributed by atoms with Crippen LogP contribution in [0.1, 0.15) is 57.5 Å². The molecular weight excluding hydrogens is 454 g/mol. The van der Waals surface area contributed by atoms with Gasteiger partial charge in [0.15, 0.2) is 0 Å². The van der Waals surface area contributed by atoms with E-state index in [1.807, 2.05) is 84.0 Å². The molecule has 2 heterocycles. The van der Waals surface area contributed by atoms with Gasteiger partial charge in [-0.05, 0) is 44.5 Å². The first kappa shape index (κ1) is 25.5. The molecule has 2 atom stereocenters. The lowest BCUT2D eigenvalue weighted by molar-refractivity contribution is -0.129. The SMILES string of the molecule is CN1C(=O)[C@@H](Cc2cn(C(=O)OC(C)(C)C)c3ccccc23)N(C(=O)c2ccccc2)[C@@H]1C(C)(C)C. The van der Waals surface area contributed by atoms with Crippen molar-refractivity contribution in [3.8, 4) is 0 Å². The minimum absolute atomic E-state index is 0.117. The van der Waals surface area contributed by atoms with Gasteiger partial charge in [0.25, 0.3) is 5.91 Å². The first-order valence-electron chi connectivity index (χ1n) is 12.3. The van der Waals surface area contributed by atoms with E-state index in [4.69, 9.17) is 4.74 Å². The Balaban J connectivity index is 1.78. The number of para-hydroxylation sites is 1. The summed E-state index contributed by atoms with van der Waals surface area (Å²) in [5.74, 6) is -0.303. The Kier molecular flexibility index (Phi) is 6.45. The number of amides is 2. The number of benzene rings is 2. The highest BCUT2D eigenvalue weighted by Crippen LogP contribution is 2.37. The van der Waals surface area contributed by atoms with Crippen molar-refractivity contribution in [3.63, 3.8) is 0 Å². The van der Waals surface area contributed by atoms with Crippen LogP contribution < -0.4 is 0 Å². The predicted molar refractivity (Wildman–Crippen MR) is 140 cm³/mol.